The summed E-state index contributed by atoms with van der Waals surface area (Å²) in [7, 11) is 1.82. The first-order valence-electron chi connectivity index (χ1n) is 12.0. The van der Waals surface area contributed by atoms with Gasteiger partial charge in [0.05, 0.1) is 19.3 Å². The van der Waals surface area contributed by atoms with E-state index >= 15 is 0 Å². The first kappa shape index (κ1) is 23.9. The van der Waals surface area contributed by atoms with Gasteiger partial charge in [-0.15, -0.1) is 0 Å². The number of nitrogens with zero attached hydrogens (tertiary/aromatic N) is 3. The largest absolute Gasteiger partial charge is 0.443 e. The molecule has 3 amide bonds. The van der Waals surface area contributed by atoms with E-state index in [1.54, 1.807) is 15.8 Å². The van der Waals surface area contributed by atoms with E-state index < -0.39 is 17.7 Å². The minimum Gasteiger partial charge on any atom is -0.443 e. The molecule has 4 N–H and O–H groups in total. The molecule has 0 atom stereocenters. The van der Waals surface area contributed by atoms with Crippen LogP contribution in [0.25, 0.3) is 0 Å². The number of nitrogens with one attached hydrogen (secondary N) is 2. The zero-order valence-electron chi connectivity index (χ0n) is 20.4. The fraction of sp³-hybridized carbons (Fsp3) is 0.179. The highest BCUT2D eigenvalue weighted by Crippen LogP contribution is 2.41. The molecule has 37 heavy (non-hydrogen) atoms. The molecule has 1 saturated heterocycles. The number of amides is 3. The highest BCUT2D eigenvalue weighted by Gasteiger charge is 2.38. The number of carbonyl (C=O) groups excluding carboxylic acids is 2. The number of ether oxygens (including phenoxy) is 1. The van der Waals surface area contributed by atoms with Crippen molar-refractivity contribution < 1.29 is 14.3 Å². The third kappa shape index (κ3) is 4.71. The highest BCUT2D eigenvalue weighted by atomic mass is 16.6. The number of urea groups is 1. The number of aromatic nitrogens is 2. The molecule has 0 spiro atoms. The van der Waals surface area contributed by atoms with Crippen LogP contribution in [-0.2, 0) is 17.3 Å². The zero-order valence-corrected chi connectivity index (χ0v) is 20.4. The summed E-state index contributed by atoms with van der Waals surface area (Å²) in [5.74, 6) is 0.635. The van der Waals surface area contributed by atoms with E-state index in [-0.39, 0.29) is 19.1 Å². The van der Waals surface area contributed by atoms with Crippen LogP contribution >= 0.6 is 0 Å². The summed E-state index contributed by atoms with van der Waals surface area (Å²) in [6.45, 7) is 0.555. The molecule has 1 aliphatic rings. The van der Waals surface area contributed by atoms with Gasteiger partial charge in [0, 0.05) is 7.05 Å². The van der Waals surface area contributed by atoms with Gasteiger partial charge < -0.3 is 26.0 Å². The van der Waals surface area contributed by atoms with Gasteiger partial charge in [-0.05, 0) is 16.7 Å². The van der Waals surface area contributed by atoms with Crippen LogP contribution in [-0.4, -0.2) is 46.0 Å². The Hall–Kier alpha value is -4.79. The molecular weight excluding hydrogens is 468 g/mol. The van der Waals surface area contributed by atoms with E-state index in [9.17, 15) is 9.59 Å². The van der Waals surface area contributed by atoms with Crippen LogP contribution in [0.2, 0.25) is 0 Å². The number of likely N-dealkylation sites (tertiary alicyclic amines) is 1. The Balaban J connectivity index is 1.53. The molecule has 0 bridgehead atoms. The lowest BCUT2D eigenvalue weighted by Gasteiger charge is -2.39. The molecule has 2 heterocycles. The second-order valence-corrected chi connectivity index (χ2v) is 8.90. The van der Waals surface area contributed by atoms with Gasteiger partial charge in [0.1, 0.15) is 23.1 Å². The molecule has 0 aliphatic carbocycles. The summed E-state index contributed by atoms with van der Waals surface area (Å²) in [5, 5.41) is 11.1. The maximum Gasteiger partial charge on any atom is 0.404 e. The summed E-state index contributed by atoms with van der Waals surface area (Å²) >= 11 is 0. The predicted octanol–water partition coefficient (Wildman–Crippen LogP) is 4.14. The third-order valence-corrected chi connectivity index (χ3v) is 6.52. The van der Waals surface area contributed by atoms with Crippen molar-refractivity contribution >= 4 is 23.6 Å². The van der Waals surface area contributed by atoms with Crippen molar-refractivity contribution in [2.24, 2.45) is 12.8 Å². The van der Waals surface area contributed by atoms with Gasteiger partial charge in [-0.3, -0.25) is 4.68 Å². The molecular formula is C28H28N6O3. The lowest BCUT2D eigenvalue weighted by molar-refractivity contribution is 0.0145. The van der Waals surface area contributed by atoms with Crippen LogP contribution in [0.15, 0.2) is 97.2 Å². The Kier molecular flexibility index (Phi) is 6.51. The lowest BCUT2D eigenvalue weighted by Crippen LogP contribution is -2.57. The Morgan fingerprint density at radius 2 is 1.38 bits per heavy atom. The minimum absolute atomic E-state index is 0.278. The van der Waals surface area contributed by atoms with Gasteiger partial charge in [-0.2, -0.15) is 5.10 Å². The maximum atomic E-state index is 12.9. The molecule has 9 heteroatoms. The quantitative estimate of drug-likeness (QED) is 0.333. The minimum atomic E-state index is -0.845. The van der Waals surface area contributed by atoms with E-state index in [1.165, 1.54) is 0 Å². The van der Waals surface area contributed by atoms with Crippen molar-refractivity contribution in [3.8, 4) is 0 Å². The van der Waals surface area contributed by atoms with Crippen molar-refractivity contribution in [3.63, 3.8) is 0 Å². The number of carbonyl (C=O) groups is 2. The summed E-state index contributed by atoms with van der Waals surface area (Å²) in [6, 6.07) is 30.2. The summed E-state index contributed by atoms with van der Waals surface area (Å²) in [5.41, 5.74) is 7.90. The fourth-order valence-electron chi connectivity index (χ4n) is 4.67. The first-order valence-corrected chi connectivity index (χ1v) is 12.0. The Morgan fingerprint density at radius 3 is 1.84 bits per heavy atom. The standard InChI is InChI=1S/C28H28N6O3/c1-33-25(24(17-30-33)31-27(36)34-18-23(19-34)37-26(29)35)32-28(20-11-5-2-6-12-20,21-13-7-3-8-14-21)22-15-9-4-10-16-22/h2-17,23,32H,18-19H2,1H3,(H2,29,35)(H,31,36). The second-order valence-electron chi connectivity index (χ2n) is 8.90. The number of rotatable bonds is 7. The first-order chi connectivity index (χ1) is 18.0. The maximum absolute atomic E-state index is 12.9. The highest BCUT2D eigenvalue weighted by molar-refractivity contribution is 5.93. The van der Waals surface area contributed by atoms with Crippen LogP contribution in [0.5, 0.6) is 0 Å². The fourth-order valence-corrected chi connectivity index (χ4v) is 4.67. The SMILES string of the molecule is Cn1ncc(NC(=O)N2CC(OC(N)=O)C2)c1NC(c1ccccc1)(c1ccccc1)c1ccccc1. The van der Waals surface area contributed by atoms with Crippen LogP contribution in [0, 0.1) is 0 Å². The molecule has 5 rings (SSSR count). The molecule has 4 aromatic rings. The Morgan fingerprint density at radius 1 is 0.892 bits per heavy atom. The normalized spacial score (nSPS) is 13.5. The average molecular weight is 497 g/mol. The molecule has 1 aliphatic heterocycles. The molecule has 1 fully saturated rings. The number of primary amides is 1. The molecule has 3 aromatic carbocycles. The molecule has 0 radical (unpaired) electrons. The van der Waals surface area contributed by atoms with Crippen LogP contribution < -0.4 is 16.4 Å². The van der Waals surface area contributed by atoms with Gasteiger partial charge in [0.2, 0.25) is 0 Å². The van der Waals surface area contributed by atoms with E-state index in [2.05, 4.69) is 52.1 Å². The van der Waals surface area contributed by atoms with Gasteiger partial charge in [-0.1, -0.05) is 91.0 Å². The number of hydrogen-bond acceptors (Lipinski definition) is 5. The summed E-state index contributed by atoms with van der Waals surface area (Å²) < 4.78 is 6.65. The van der Waals surface area contributed by atoms with Crippen LogP contribution in [0.1, 0.15) is 16.7 Å². The number of anilines is 2. The van der Waals surface area contributed by atoms with Gasteiger partial charge in [0.15, 0.2) is 0 Å². The summed E-state index contributed by atoms with van der Waals surface area (Å²) in [6.07, 6.45) is 0.378. The van der Waals surface area contributed by atoms with Crippen molar-refractivity contribution in [1.29, 1.82) is 0 Å². The molecule has 1 aromatic heterocycles. The Labute approximate surface area is 214 Å². The van der Waals surface area contributed by atoms with E-state index in [0.717, 1.165) is 16.7 Å². The van der Waals surface area contributed by atoms with Crippen molar-refractivity contribution in [2.75, 3.05) is 23.7 Å². The zero-order chi connectivity index (χ0) is 25.8. The van der Waals surface area contributed by atoms with Crippen LogP contribution in [0.3, 0.4) is 0 Å². The van der Waals surface area contributed by atoms with E-state index in [0.29, 0.717) is 11.5 Å². The van der Waals surface area contributed by atoms with Gasteiger partial charge >= 0.3 is 12.1 Å². The number of aryl methyl sites for hydroxylation is 1. The molecule has 0 saturated carbocycles. The summed E-state index contributed by atoms with van der Waals surface area (Å²) in [4.78, 5) is 25.4. The van der Waals surface area contributed by atoms with Crippen molar-refractivity contribution in [2.45, 2.75) is 11.6 Å². The molecule has 0 unspecified atom stereocenters. The van der Waals surface area contributed by atoms with Crippen LogP contribution in [0.4, 0.5) is 21.1 Å². The number of hydrogen-bond donors (Lipinski definition) is 3. The monoisotopic (exact) mass is 496 g/mol. The Bertz CT molecular complexity index is 1270. The third-order valence-electron chi connectivity index (χ3n) is 6.52. The number of benzene rings is 3. The topological polar surface area (TPSA) is 115 Å². The molecule has 9 nitrogen and oxygen atoms in total. The molecule has 188 valence electrons. The smallest absolute Gasteiger partial charge is 0.404 e. The van der Waals surface area contributed by atoms with E-state index in [4.69, 9.17) is 10.5 Å². The van der Waals surface area contributed by atoms with Crippen molar-refractivity contribution in [3.05, 3.63) is 114 Å². The number of nitrogens with two attached hydrogens (primary N) is 1. The van der Waals surface area contributed by atoms with Gasteiger partial charge in [0.25, 0.3) is 0 Å². The predicted molar refractivity (Wildman–Crippen MR) is 141 cm³/mol. The second kappa shape index (κ2) is 10.1. The van der Waals surface area contributed by atoms with Crippen molar-refractivity contribution in [1.82, 2.24) is 14.7 Å². The average Bonchev–Trinajstić information content (AvgIpc) is 3.24. The van der Waals surface area contributed by atoms with E-state index in [1.807, 2.05) is 61.6 Å². The lowest BCUT2D eigenvalue weighted by atomic mass is 9.77. The van der Waals surface area contributed by atoms with Gasteiger partial charge in [-0.25, -0.2) is 9.59 Å².